The fourth-order valence-corrected chi connectivity index (χ4v) is 3.27. The SMILES string of the molecule is CCCNC(=O)CSC1=C(C#N)[C@@H](c2ccc(F)cc2)CC(=O)N1. The van der Waals surface area contributed by atoms with Crippen molar-refractivity contribution >= 4 is 23.6 Å². The molecule has 2 N–H and O–H groups in total. The van der Waals surface area contributed by atoms with Gasteiger partial charge < -0.3 is 10.6 Å². The van der Waals surface area contributed by atoms with Gasteiger partial charge in [-0.05, 0) is 24.1 Å². The Labute approximate surface area is 144 Å². The molecule has 1 aliphatic rings. The summed E-state index contributed by atoms with van der Waals surface area (Å²) in [5.74, 6) is -1.05. The fraction of sp³-hybridized carbons (Fsp3) is 0.353. The molecule has 0 radical (unpaired) electrons. The van der Waals surface area contributed by atoms with E-state index >= 15 is 0 Å². The van der Waals surface area contributed by atoms with Gasteiger partial charge in [-0.1, -0.05) is 30.8 Å². The molecule has 0 fully saturated rings. The van der Waals surface area contributed by atoms with E-state index in [9.17, 15) is 19.2 Å². The van der Waals surface area contributed by atoms with Crippen molar-refractivity contribution in [1.29, 1.82) is 5.26 Å². The molecule has 0 saturated carbocycles. The van der Waals surface area contributed by atoms with Crippen molar-refractivity contribution in [1.82, 2.24) is 10.6 Å². The van der Waals surface area contributed by atoms with Crippen molar-refractivity contribution in [2.24, 2.45) is 0 Å². The number of carbonyl (C=O) groups is 2. The predicted molar refractivity (Wildman–Crippen MR) is 90.3 cm³/mol. The van der Waals surface area contributed by atoms with Crippen molar-refractivity contribution < 1.29 is 14.0 Å². The number of allylic oxidation sites excluding steroid dienone is 1. The van der Waals surface area contributed by atoms with Gasteiger partial charge in [-0.15, -0.1) is 0 Å². The highest BCUT2D eigenvalue weighted by atomic mass is 32.2. The van der Waals surface area contributed by atoms with Crippen molar-refractivity contribution in [2.75, 3.05) is 12.3 Å². The summed E-state index contributed by atoms with van der Waals surface area (Å²) in [6.45, 7) is 2.55. The minimum absolute atomic E-state index is 0.122. The molecule has 0 bridgehead atoms. The van der Waals surface area contributed by atoms with Crippen LogP contribution >= 0.6 is 11.8 Å². The Kier molecular flexibility index (Phi) is 6.38. The van der Waals surface area contributed by atoms with Crippen molar-refractivity contribution in [2.45, 2.75) is 25.7 Å². The summed E-state index contributed by atoms with van der Waals surface area (Å²) in [6.07, 6.45) is 0.965. The van der Waals surface area contributed by atoms with E-state index in [0.29, 0.717) is 22.7 Å². The van der Waals surface area contributed by atoms with Crippen LogP contribution in [0, 0.1) is 17.1 Å². The molecule has 0 spiro atoms. The first-order valence-electron chi connectivity index (χ1n) is 7.64. The van der Waals surface area contributed by atoms with E-state index in [2.05, 4.69) is 16.7 Å². The minimum Gasteiger partial charge on any atom is -0.355 e. The van der Waals surface area contributed by atoms with Gasteiger partial charge in [0.1, 0.15) is 5.82 Å². The molecule has 0 aliphatic carbocycles. The van der Waals surface area contributed by atoms with Crippen LogP contribution in [-0.4, -0.2) is 24.1 Å². The van der Waals surface area contributed by atoms with Gasteiger partial charge in [0, 0.05) is 18.9 Å². The maximum absolute atomic E-state index is 13.1. The second kappa shape index (κ2) is 8.50. The summed E-state index contributed by atoms with van der Waals surface area (Å²) in [5, 5.41) is 15.3. The molecule has 0 unspecified atom stereocenters. The monoisotopic (exact) mass is 347 g/mol. The van der Waals surface area contributed by atoms with Gasteiger partial charge in [-0.25, -0.2) is 4.39 Å². The normalized spacial score (nSPS) is 17.2. The first-order valence-corrected chi connectivity index (χ1v) is 8.62. The maximum atomic E-state index is 13.1. The van der Waals surface area contributed by atoms with Crippen LogP contribution in [0.1, 0.15) is 31.2 Å². The van der Waals surface area contributed by atoms with E-state index in [1.54, 1.807) is 12.1 Å². The lowest BCUT2D eigenvalue weighted by atomic mass is 9.87. The Hall–Kier alpha value is -2.33. The van der Waals surface area contributed by atoms with Crippen LogP contribution in [0.25, 0.3) is 0 Å². The molecule has 2 rings (SSSR count). The first kappa shape index (κ1) is 18.0. The number of hydrogen-bond donors (Lipinski definition) is 2. The molecular weight excluding hydrogens is 329 g/mol. The average molecular weight is 347 g/mol. The van der Waals surface area contributed by atoms with E-state index in [1.165, 1.54) is 12.1 Å². The Balaban J connectivity index is 2.19. The van der Waals surface area contributed by atoms with Gasteiger partial charge in [-0.2, -0.15) is 5.26 Å². The molecule has 1 atom stereocenters. The number of nitrogens with one attached hydrogen (secondary N) is 2. The highest BCUT2D eigenvalue weighted by Gasteiger charge is 2.29. The molecule has 2 amide bonds. The molecule has 5 nitrogen and oxygen atoms in total. The van der Waals surface area contributed by atoms with Crippen LogP contribution in [0.15, 0.2) is 34.9 Å². The summed E-state index contributed by atoms with van der Waals surface area (Å²) >= 11 is 1.13. The lowest BCUT2D eigenvalue weighted by Gasteiger charge is -2.25. The van der Waals surface area contributed by atoms with E-state index in [1.807, 2.05) is 6.92 Å². The summed E-state index contributed by atoms with van der Waals surface area (Å²) in [5.41, 5.74) is 1.10. The van der Waals surface area contributed by atoms with Gasteiger partial charge in [0.25, 0.3) is 0 Å². The van der Waals surface area contributed by atoms with Gasteiger partial charge in [0.15, 0.2) is 0 Å². The molecular formula is C17H18FN3O2S. The third-order valence-corrected chi connectivity index (χ3v) is 4.57. The molecule has 1 aliphatic heterocycles. The van der Waals surface area contributed by atoms with Crippen LogP contribution < -0.4 is 10.6 Å². The second-order valence-electron chi connectivity index (χ2n) is 5.35. The lowest BCUT2D eigenvalue weighted by molar-refractivity contribution is -0.121. The Morgan fingerprint density at radius 3 is 2.79 bits per heavy atom. The first-order chi connectivity index (χ1) is 11.5. The topological polar surface area (TPSA) is 82.0 Å². The van der Waals surface area contributed by atoms with Crippen LogP contribution in [0.3, 0.4) is 0 Å². The van der Waals surface area contributed by atoms with Gasteiger partial charge in [-0.3, -0.25) is 9.59 Å². The Morgan fingerprint density at radius 2 is 2.17 bits per heavy atom. The number of rotatable bonds is 6. The smallest absolute Gasteiger partial charge is 0.230 e. The van der Waals surface area contributed by atoms with E-state index in [-0.39, 0.29) is 29.8 Å². The number of nitriles is 1. The number of amides is 2. The summed E-state index contributed by atoms with van der Waals surface area (Å²) < 4.78 is 13.1. The van der Waals surface area contributed by atoms with Crippen LogP contribution in [0.4, 0.5) is 4.39 Å². The Morgan fingerprint density at radius 1 is 1.46 bits per heavy atom. The molecule has 126 valence electrons. The second-order valence-corrected chi connectivity index (χ2v) is 6.34. The predicted octanol–water partition coefficient (Wildman–Crippen LogP) is 2.42. The number of carbonyl (C=O) groups excluding carboxylic acids is 2. The fourth-order valence-electron chi connectivity index (χ4n) is 2.37. The Bertz CT molecular complexity index is 695. The number of halogens is 1. The number of hydrogen-bond acceptors (Lipinski definition) is 4. The zero-order chi connectivity index (χ0) is 17.5. The maximum Gasteiger partial charge on any atom is 0.230 e. The minimum atomic E-state index is -0.425. The highest BCUT2D eigenvalue weighted by Crippen LogP contribution is 2.35. The molecule has 1 aromatic rings. The largest absolute Gasteiger partial charge is 0.355 e. The van der Waals surface area contributed by atoms with Crippen molar-refractivity contribution in [3.8, 4) is 6.07 Å². The molecule has 1 aromatic carbocycles. The van der Waals surface area contributed by atoms with E-state index < -0.39 is 5.92 Å². The van der Waals surface area contributed by atoms with Crippen LogP contribution in [0.2, 0.25) is 0 Å². The van der Waals surface area contributed by atoms with E-state index in [0.717, 1.165) is 18.2 Å². The highest BCUT2D eigenvalue weighted by molar-refractivity contribution is 8.03. The summed E-state index contributed by atoms with van der Waals surface area (Å²) in [7, 11) is 0. The van der Waals surface area contributed by atoms with E-state index in [4.69, 9.17) is 0 Å². The number of nitrogens with zero attached hydrogens (tertiary/aromatic N) is 1. The lowest BCUT2D eigenvalue weighted by Crippen LogP contribution is -2.32. The zero-order valence-corrected chi connectivity index (χ0v) is 14.1. The molecule has 24 heavy (non-hydrogen) atoms. The standard InChI is InChI=1S/C17H18FN3O2S/c1-2-7-20-16(23)10-24-17-14(9-19)13(8-15(22)21-17)11-3-5-12(18)6-4-11/h3-6,13H,2,7-8,10H2,1H3,(H,20,23)(H,21,22)/t13-/m1/s1. The third-order valence-electron chi connectivity index (χ3n) is 3.55. The van der Waals surface area contributed by atoms with Crippen LogP contribution in [0.5, 0.6) is 0 Å². The third kappa shape index (κ3) is 4.59. The molecule has 0 aromatic heterocycles. The van der Waals surface area contributed by atoms with Gasteiger partial charge in [0.05, 0.1) is 22.4 Å². The summed E-state index contributed by atoms with van der Waals surface area (Å²) in [4.78, 5) is 23.7. The molecule has 1 heterocycles. The average Bonchev–Trinajstić information content (AvgIpc) is 2.58. The molecule has 0 saturated heterocycles. The van der Waals surface area contributed by atoms with Gasteiger partial charge in [0.2, 0.25) is 11.8 Å². The van der Waals surface area contributed by atoms with Crippen molar-refractivity contribution in [3.05, 3.63) is 46.2 Å². The summed E-state index contributed by atoms with van der Waals surface area (Å²) in [6, 6.07) is 7.89. The van der Waals surface area contributed by atoms with Crippen LogP contribution in [-0.2, 0) is 9.59 Å². The van der Waals surface area contributed by atoms with Crippen molar-refractivity contribution in [3.63, 3.8) is 0 Å². The number of thioether (sulfide) groups is 1. The van der Waals surface area contributed by atoms with Gasteiger partial charge >= 0.3 is 0 Å². The zero-order valence-electron chi connectivity index (χ0n) is 13.3. The molecule has 7 heteroatoms. The quantitative estimate of drug-likeness (QED) is 0.828. The number of benzene rings is 1.